The van der Waals surface area contributed by atoms with E-state index in [0.29, 0.717) is 28.8 Å². The molecule has 162 valence electrons. The standard InChI is InChI=1S/C24H27N3O4/c1-24(2,3)17-9-6-16(7-10-17)8-13-21(28)25-15-22-26-23(27-31-22)19-12-11-18(29-4)14-20(19)30-5/h6-14H,15H2,1-5H3,(H,25,28)/b13-8+. The molecule has 0 bridgehead atoms. The molecule has 0 aliphatic rings. The summed E-state index contributed by atoms with van der Waals surface area (Å²) in [5.74, 6) is 1.65. The maximum atomic E-state index is 12.1. The Balaban J connectivity index is 1.59. The minimum absolute atomic E-state index is 0.0956. The van der Waals surface area contributed by atoms with Crippen molar-refractivity contribution in [3.8, 4) is 22.9 Å². The van der Waals surface area contributed by atoms with Gasteiger partial charge in [0.1, 0.15) is 11.5 Å². The number of nitrogens with zero attached hydrogens (tertiary/aromatic N) is 2. The molecule has 1 amide bonds. The van der Waals surface area contributed by atoms with Crippen molar-refractivity contribution in [3.05, 3.63) is 65.6 Å². The summed E-state index contributed by atoms with van der Waals surface area (Å²) in [7, 11) is 3.14. The smallest absolute Gasteiger partial charge is 0.246 e. The second-order valence-electron chi connectivity index (χ2n) is 8.00. The van der Waals surface area contributed by atoms with Gasteiger partial charge >= 0.3 is 0 Å². The molecule has 7 nitrogen and oxygen atoms in total. The maximum absolute atomic E-state index is 12.1. The Morgan fingerprint density at radius 3 is 2.48 bits per heavy atom. The highest BCUT2D eigenvalue weighted by molar-refractivity contribution is 5.91. The lowest BCUT2D eigenvalue weighted by Crippen LogP contribution is -2.20. The molecule has 0 fully saturated rings. The maximum Gasteiger partial charge on any atom is 0.246 e. The molecule has 1 aromatic heterocycles. The molecule has 7 heteroatoms. The van der Waals surface area contributed by atoms with Gasteiger partial charge in [0, 0.05) is 12.1 Å². The van der Waals surface area contributed by atoms with Gasteiger partial charge in [0.2, 0.25) is 17.6 Å². The second-order valence-corrected chi connectivity index (χ2v) is 8.00. The van der Waals surface area contributed by atoms with Crippen molar-refractivity contribution < 1.29 is 18.8 Å². The number of methoxy groups -OCH3 is 2. The summed E-state index contributed by atoms with van der Waals surface area (Å²) in [6.45, 7) is 6.62. The van der Waals surface area contributed by atoms with Gasteiger partial charge in [-0.3, -0.25) is 4.79 Å². The Labute approximate surface area is 182 Å². The lowest BCUT2D eigenvalue weighted by atomic mass is 9.87. The average molecular weight is 421 g/mol. The van der Waals surface area contributed by atoms with Gasteiger partial charge < -0.3 is 19.3 Å². The monoisotopic (exact) mass is 421 g/mol. The largest absolute Gasteiger partial charge is 0.497 e. The zero-order chi connectivity index (χ0) is 22.4. The third-order valence-electron chi connectivity index (χ3n) is 4.74. The molecule has 0 aliphatic carbocycles. The van der Waals surface area contributed by atoms with Crippen LogP contribution in [0.3, 0.4) is 0 Å². The molecule has 2 aromatic carbocycles. The number of nitrogens with one attached hydrogen (secondary N) is 1. The number of carbonyl (C=O) groups is 1. The number of amides is 1. The van der Waals surface area contributed by atoms with Crippen LogP contribution >= 0.6 is 0 Å². The number of aromatic nitrogens is 2. The van der Waals surface area contributed by atoms with Crippen LogP contribution in [0.25, 0.3) is 17.5 Å². The van der Waals surface area contributed by atoms with Crippen LogP contribution in [0.15, 0.2) is 53.1 Å². The van der Waals surface area contributed by atoms with E-state index in [1.165, 1.54) is 11.6 Å². The van der Waals surface area contributed by atoms with Crippen molar-refractivity contribution in [2.45, 2.75) is 32.7 Å². The van der Waals surface area contributed by atoms with Crippen LogP contribution in [0.4, 0.5) is 0 Å². The number of hydrogen-bond donors (Lipinski definition) is 1. The van der Waals surface area contributed by atoms with Gasteiger partial charge in [-0.2, -0.15) is 4.98 Å². The summed E-state index contributed by atoms with van der Waals surface area (Å²) in [5.41, 5.74) is 2.96. The molecule has 0 aliphatic heterocycles. The van der Waals surface area contributed by atoms with Gasteiger partial charge in [-0.1, -0.05) is 50.2 Å². The Morgan fingerprint density at radius 1 is 1.10 bits per heavy atom. The normalized spacial score (nSPS) is 11.5. The number of rotatable bonds is 7. The minimum atomic E-state index is -0.248. The quantitative estimate of drug-likeness (QED) is 0.570. The van der Waals surface area contributed by atoms with Crippen LogP contribution in [-0.2, 0) is 16.8 Å². The topological polar surface area (TPSA) is 86.5 Å². The highest BCUT2D eigenvalue weighted by Crippen LogP contribution is 2.31. The molecule has 0 atom stereocenters. The van der Waals surface area contributed by atoms with Crippen LogP contribution in [0.5, 0.6) is 11.5 Å². The first-order valence-electron chi connectivity index (χ1n) is 9.91. The average Bonchev–Trinajstić information content (AvgIpc) is 3.24. The number of carbonyl (C=O) groups excluding carboxylic acids is 1. The van der Waals surface area contributed by atoms with E-state index in [0.717, 1.165) is 5.56 Å². The lowest BCUT2D eigenvalue weighted by molar-refractivity contribution is -0.116. The van der Waals surface area contributed by atoms with E-state index < -0.39 is 0 Å². The van der Waals surface area contributed by atoms with Gasteiger partial charge in [0.25, 0.3) is 0 Å². The minimum Gasteiger partial charge on any atom is -0.497 e. The third kappa shape index (κ3) is 5.72. The molecule has 31 heavy (non-hydrogen) atoms. The van der Waals surface area contributed by atoms with Crippen LogP contribution in [0.1, 0.15) is 37.8 Å². The zero-order valence-corrected chi connectivity index (χ0v) is 18.4. The lowest BCUT2D eigenvalue weighted by Gasteiger charge is -2.18. The molecular weight excluding hydrogens is 394 g/mol. The van der Waals surface area contributed by atoms with E-state index in [1.54, 1.807) is 38.5 Å². The first kappa shape index (κ1) is 22.1. The van der Waals surface area contributed by atoms with Crippen LogP contribution in [0.2, 0.25) is 0 Å². The summed E-state index contributed by atoms with van der Waals surface area (Å²) in [5, 5.41) is 6.72. The first-order chi connectivity index (χ1) is 14.8. The number of ether oxygens (including phenoxy) is 2. The van der Waals surface area contributed by atoms with E-state index in [4.69, 9.17) is 14.0 Å². The van der Waals surface area contributed by atoms with Gasteiger partial charge in [-0.05, 0) is 34.8 Å². The predicted molar refractivity (Wildman–Crippen MR) is 119 cm³/mol. The van der Waals surface area contributed by atoms with Crippen molar-refractivity contribution in [2.24, 2.45) is 0 Å². The number of hydrogen-bond acceptors (Lipinski definition) is 6. The molecule has 3 rings (SSSR count). The van der Waals surface area contributed by atoms with Crippen LogP contribution < -0.4 is 14.8 Å². The van der Waals surface area contributed by atoms with E-state index in [9.17, 15) is 4.79 Å². The van der Waals surface area contributed by atoms with Crippen molar-refractivity contribution in [3.63, 3.8) is 0 Å². The van der Waals surface area contributed by atoms with Crippen molar-refractivity contribution in [1.82, 2.24) is 15.5 Å². The molecule has 0 saturated carbocycles. The van der Waals surface area contributed by atoms with E-state index >= 15 is 0 Å². The fourth-order valence-corrected chi connectivity index (χ4v) is 2.91. The van der Waals surface area contributed by atoms with Gasteiger partial charge in [0.05, 0.1) is 26.3 Å². The Hall–Kier alpha value is -3.61. The van der Waals surface area contributed by atoms with Gasteiger partial charge in [-0.25, -0.2) is 0 Å². The molecule has 1 heterocycles. The fourth-order valence-electron chi connectivity index (χ4n) is 2.91. The summed E-state index contributed by atoms with van der Waals surface area (Å²) >= 11 is 0. The van der Waals surface area contributed by atoms with E-state index in [-0.39, 0.29) is 17.9 Å². The van der Waals surface area contributed by atoms with Crippen molar-refractivity contribution in [2.75, 3.05) is 14.2 Å². The second kappa shape index (κ2) is 9.47. The van der Waals surface area contributed by atoms with E-state index in [2.05, 4.69) is 48.4 Å². The third-order valence-corrected chi connectivity index (χ3v) is 4.74. The Kier molecular flexibility index (Phi) is 6.74. The highest BCUT2D eigenvalue weighted by Gasteiger charge is 2.15. The summed E-state index contributed by atoms with van der Waals surface area (Å²) in [6, 6.07) is 13.5. The van der Waals surface area contributed by atoms with E-state index in [1.807, 2.05) is 12.1 Å². The van der Waals surface area contributed by atoms with Crippen LogP contribution in [-0.4, -0.2) is 30.3 Å². The Morgan fingerprint density at radius 2 is 1.84 bits per heavy atom. The summed E-state index contributed by atoms with van der Waals surface area (Å²) in [4.78, 5) is 16.5. The molecule has 0 saturated heterocycles. The summed E-state index contributed by atoms with van der Waals surface area (Å²) in [6.07, 6.45) is 3.25. The van der Waals surface area contributed by atoms with Gasteiger partial charge in [0.15, 0.2) is 0 Å². The predicted octanol–water partition coefficient (Wildman–Crippen LogP) is 4.38. The molecule has 0 spiro atoms. The zero-order valence-electron chi connectivity index (χ0n) is 18.4. The summed E-state index contributed by atoms with van der Waals surface area (Å²) < 4.78 is 15.8. The van der Waals surface area contributed by atoms with Crippen molar-refractivity contribution >= 4 is 12.0 Å². The number of benzene rings is 2. The SMILES string of the molecule is COc1ccc(-c2noc(CNC(=O)/C=C/c3ccc(C(C)(C)C)cc3)n2)c(OC)c1. The van der Waals surface area contributed by atoms with Crippen molar-refractivity contribution in [1.29, 1.82) is 0 Å². The molecular formula is C24H27N3O4. The molecule has 3 aromatic rings. The fraction of sp³-hybridized carbons (Fsp3) is 0.292. The Bertz CT molecular complexity index is 1060. The van der Waals surface area contributed by atoms with Gasteiger partial charge in [-0.15, -0.1) is 0 Å². The first-order valence-corrected chi connectivity index (χ1v) is 9.91. The molecule has 0 radical (unpaired) electrons. The molecule has 1 N–H and O–H groups in total. The highest BCUT2D eigenvalue weighted by atomic mass is 16.5. The molecule has 0 unspecified atom stereocenters. The van der Waals surface area contributed by atoms with Crippen LogP contribution in [0, 0.1) is 0 Å².